The Morgan fingerprint density at radius 2 is 1.93 bits per heavy atom. The third-order valence-corrected chi connectivity index (χ3v) is 5.81. The van der Waals surface area contributed by atoms with Crippen LogP contribution in [0.25, 0.3) is 32.9 Å². The third kappa shape index (κ3) is 2.82. The molecule has 0 atom stereocenters. The van der Waals surface area contributed by atoms with Gasteiger partial charge in [-0.25, -0.2) is 4.98 Å². The molecule has 0 spiro atoms. The number of hydrogen-bond donors (Lipinski definition) is 0. The van der Waals surface area contributed by atoms with Gasteiger partial charge in [-0.2, -0.15) is 13.2 Å². The maximum atomic E-state index is 13.2. The Morgan fingerprint density at radius 1 is 1.10 bits per heavy atom. The fraction of sp³-hybridized carbons (Fsp3) is 0.250. The number of fused-ring (bicyclic) bond motifs is 1. The maximum Gasteiger partial charge on any atom is 0.433 e. The number of hydrogen-bond acceptors (Lipinski definition) is 3. The number of ether oxygens (including phenoxy) is 1. The van der Waals surface area contributed by atoms with E-state index in [0.717, 1.165) is 57.8 Å². The first-order valence-corrected chi connectivity index (χ1v) is 9.92. The predicted molar refractivity (Wildman–Crippen MR) is 111 cm³/mol. The van der Waals surface area contributed by atoms with Gasteiger partial charge in [0.2, 0.25) is 0 Å². The Hall–Kier alpha value is -3.15. The van der Waals surface area contributed by atoms with Crippen LogP contribution in [0.4, 0.5) is 13.2 Å². The Bertz CT molecular complexity index is 1300. The first kappa shape index (κ1) is 18.9. The molecular weight excluding hydrogens is 389 g/mol. The molecule has 6 heteroatoms. The maximum absolute atomic E-state index is 13.2. The number of nitrogens with zero attached hydrogens (tertiary/aromatic N) is 2. The van der Waals surface area contributed by atoms with Crippen LogP contribution in [0.3, 0.4) is 0 Å². The average Bonchev–Trinajstić information content (AvgIpc) is 2.72. The normalized spacial score (nSPS) is 13.6. The minimum absolute atomic E-state index is 0.339. The van der Waals surface area contributed by atoms with Crippen LogP contribution in [0.15, 0.2) is 42.6 Å². The highest BCUT2D eigenvalue weighted by Gasteiger charge is 2.33. The van der Waals surface area contributed by atoms with E-state index in [4.69, 9.17) is 4.74 Å². The minimum atomic E-state index is -4.48. The van der Waals surface area contributed by atoms with Crippen LogP contribution in [-0.4, -0.2) is 16.6 Å². The molecule has 2 aromatic carbocycles. The lowest BCUT2D eigenvalue weighted by Gasteiger charge is -2.21. The zero-order valence-corrected chi connectivity index (χ0v) is 16.6. The lowest BCUT2D eigenvalue weighted by atomic mass is 9.88. The molecule has 2 aromatic heterocycles. The van der Waals surface area contributed by atoms with Crippen molar-refractivity contribution in [2.24, 2.45) is 0 Å². The van der Waals surface area contributed by atoms with Crippen molar-refractivity contribution < 1.29 is 17.9 Å². The van der Waals surface area contributed by atoms with Gasteiger partial charge in [0.1, 0.15) is 11.4 Å². The number of halogens is 3. The first-order valence-electron chi connectivity index (χ1n) is 9.92. The van der Waals surface area contributed by atoms with Gasteiger partial charge in [0.15, 0.2) is 0 Å². The summed E-state index contributed by atoms with van der Waals surface area (Å²) in [5.74, 6) is 0.801. The van der Waals surface area contributed by atoms with Crippen molar-refractivity contribution in [1.82, 2.24) is 9.97 Å². The summed E-state index contributed by atoms with van der Waals surface area (Å²) in [6.45, 7) is 4.60. The monoisotopic (exact) mass is 408 g/mol. The molecule has 3 nitrogen and oxygen atoms in total. The molecule has 1 aliphatic rings. The second-order valence-corrected chi connectivity index (χ2v) is 7.56. The molecule has 0 radical (unpaired) electrons. The Morgan fingerprint density at radius 3 is 2.70 bits per heavy atom. The van der Waals surface area contributed by atoms with Crippen LogP contribution < -0.4 is 4.74 Å². The van der Waals surface area contributed by atoms with Crippen LogP contribution in [-0.2, 0) is 19.0 Å². The van der Waals surface area contributed by atoms with Gasteiger partial charge in [0.25, 0.3) is 0 Å². The van der Waals surface area contributed by atoms with Gasteiger partial charge < -0.3 is 4.74 Å². The molecule has 3 heterocycles. The summed E-state index contributed by atoms with van der Waals surface area (Å²) < 4.78 is 45.6. The second kappa shape index (κ2) is 6.69. The zero-order valence-electron chi connectivity index (χ0n) is 16.6. The predicted octanol–water partition coefficient (Wildman–Crippen LogP) is 6.27. The lowest BCUT2D eigenvalue weighted by molar-refractivity contribution is -0.140. The van der Waals surface area contributed by atoms with E-state index >= 15 is 0 Å². The van der Waals surface area contributed by atoms with Crippen LogP contribution in [0.2, 0.25) is 0 Å². The Kier molecular flexibility index (Phi) is 4.20. The fourth-order valence-electron chi connectivity index (χ4n) is 4.47. The molecule has 4 aromatic rings. The molecule has 0 fully saturated rings. The smallest absolute Gasteiger partial charge is 0.433 e. The molecule has 0 saturated carbocycles. The average molecular weight is 408 g/mol. The molecule has 0 saturated heterocycles. The SMILES string of the molecule is CCc1c(C)cc2nc(C(F)(F)F)ccc2c1-c1ccc2c3c(ccnc13)CCO2. The molecule has 152 valence electrons. The van der Waals surface area contributed by atoms with Crippen molar-refractivity contribution in [3.8, 4) is 16.9 Å². The third-order valence-electron chi connectivity index (χ3n) is 5.81. The number of aryl methyl sites for hydroxylation is 1. The molecule has 0 N–H and O–H groups in total. The van der Waals surface area contributed by atoms with E-state index in [1.165, 1.54) is 11.6 Å². The molecule has 5 rings (SSSR count). The fourth-order valence-corrected chi connectivity index (χ4v) is 4.47. The number of rotatable bonds is 2. The van der Waals surface area contributed by atoms with Crippen LogP contribution in [0, 0.1) is 6.92 Å². The van der Waals surface area contributed by atoms with Gasteiger partial charge in [0.05, 0.1) is 17.6 Å². The van der Waals surface area contributed by atoms with E-state index in [1.54, 1.807) is 12.3 Å². The quantitative estimate of drug-likeness (QED) is 0.392. The molecule has 30 heavy (non-hydrogen) atoms. The van der Waals surface area contributed by atoms with Gasteiger partial charge in [-0.05, 0) is 65.9 Å². The molecule has 1 aliphatic heterocycles. The van der Waals surface area contributed by atoms with Crippen molar-refractivity contribution in [3.63, 3.8) is 0 Å². The van der Waals surface area contributed by atoms with E-state index in [2.05, 4.69) is 16.9 Å². The lowest BCUT2D eigenvalue weighted by Crippen LogP contribution is -2.10. The van der Waals surface area contributed by atoms with E-state index in [9.17, 15) is 13.2 Å². The summed E-state index contributed by atoms with van der Waals surface area (Å²) in [5.41, 5.74) is 5.25. The summed E-state index contributed by atoms with van der Waals surface area (Å²) in [6.07, 6.45) is -1.14. The summed E-state index contributed by atoms with van der Waals surface area (Å²) in [7, 11) is 0. The summed E-state index contributed by atoms with van der Waals surface area (Å²) in [6, 6.07) is 10.2. The highest BCUT2D eigenvalue weighted by atomic mass is 19.4. The molecule has 0 unspecified atom stereocenters. The van der Waals surface area contributed by atoms with Crippen molar-refractivity contribution in [3.05, 3.63) is 65.0 Å². The highest BCUT2D eigenvalue weighted by molar-refractivity contribution is 6.07. The highest BCUT2D eigenvalue weighted by Crippen LogP contribution is 2.42. The summed E-state index contributed by atoms with van der Waals surface area (Å²) in [4.78, 5) is 8.59. The minimum Gasteiger partial charge on any atom is -0.493 e. The number of pyridine rings is 2. The van der Waals surface area contributed by atoms with Gasteiger partial charge in [0, 0.05) is 29.0 Å². The van der Waals surface area contributed by atoms with Gasteiger partial charge in [-0.15, -0.1) is 0 Å². The van der Waals surface area contributed by atoms with Crippen LogP contribution in [0.1, 0.15) is 29.3 Å². The molecule has 0 bridgehead atoms. The molecule has 0 amide bonds. The van der Waals surface area contributed by atoms with Crippen molar-refractivity contribution >= 4 is 21.8 Å². The summed E-state index contributed by atoms with van der Waals surface area (Å²) >= 11 is 0. The van der Waals surface area contributed by atoms with Crippen molar-refractivity contribution in [2.75, 3.05) is 6.61 Å². The Labute approximate surface area is 171 Å². The number of aromatic nitrogens is 2. The van der Waals surface area contributed by atoms with Gasteiger partial charge >= 0.3 is 6.18 Å². The second-order valence-electron chi connectivity index (χ2n) is 7.56. The number of benzene rings is 2. The zero-order chi connectivity index (χ0) is 21.0. The standard InChI is InChI=1S/C24H19F3N2O/c1-3-15-13(2)12-18-16(5-7-20(29-18)24(25,26)27)22(15)17-4-6-19-21-14(9-11-30-19)8-10-28-23(17)21/h4-8,10,12H,3,9,11H2,1-2H3. The van der Waals surface area contributed by atoms with Crippen molar-refractivity contribution in [1.29, 1.82) is 0 Å². The topological polar surface area (TPSA) is 35.0 Å². The van der Waals surface area contributed by atoms with Gasteiger partial charge in [-0.3, -0.25) is 4.98 Å². The van der Waals surface area contributed by atoms with E-state index in [0.29, 0.717) is 17.5 Å². The van der Waals surface area contributed by atoms with E-state index in [1.807, 2.05) is 25.1 Å². The van der Waals surface area contributed by atoms with Gasteiger partial charge in [-0.1, -0.05) is 13.0 Å². The van der Waals surface area contributed by atoms with Crippen LogP contribution >= 0.6 is 0 Å². The van der Waals surface area contributed by atoms with E-state index < -0.39 is 11.9 Å². The number of alkyl halides is 3. The molecule has 0 aliphatic carbocycles. The Balaban J connectivity index is 1.88. The summed E-state index contributed by atoms with van der Waals surface area (Å²) in [5, 5.41) is 1.68. The van der Waals surface area contributed by atoms with Crippen molar-refractivity contribution in [2.45, 2.75) is 32.9 Å². The van der Waals surface area contributed by atoms with Crippen LogP contribution in [0.5, 0.6) is 5.75 Å². The largest absolute Gasteiger partial charge is 0.493 e. The molecular formula is C24H19F3N2O. The first-order chi connectivity index (χ1) is 14.4. The van der Waals surface area contributed by atoms with E-state index in [-0.39, 0.29) is 0 Å².